The maximum atomic E-state index is 12.7. The smallest absolute Gasteiger partial charge is 0.338 e. The van der Waals surface area contributed by atoms with Crippen LogP contribution in [0.15, 0.2) is 65.6 Å². The largest absolute Gasteiger partial charge is 0.452 e. The van der Waals surface area contributed by atoms with Crippen molar-refractivity contribution in [1.29, 1.82) is 0 Å². The normalized spacial score (nSPS) is 14.6. The number of aromatic nitrogens is 2. The summed E-state index contributed by atoms with van der Waals surface area (Å²) in [5, 5.41) is 0. The van der Waals surface area contributed by atoms with Crippen molar-refractivity contribution >= 4 is 21.9 Å². The first kappa shape index (κ1) is 24.4. The second kappa shape index (κ2) is 10.3. The highest BCUT2D eigenvalue weighted by atomic mass is 32.2. The van der Waals surface area contributed by atoms with Gasteiger partial charge in [-0.25, -0.2) is 18.0 Å². The molecule has 184 valence electrons. The van der Waals surface area contributed by atoms with E-state index >= 15 is 0 Å². The van der Waals surface area contributed by atoms with Crippen LogP contribution in [0.4, 0.5) is 0 Å². The molecule has 1 saturated heterocycles. The number of carbonyl (C=O) groups excluding carboxylic acids is 2. The van der Waals surface area contributed by atoms with Crippen LogP contribution < -0.4 is 5.69 Å². The van der Waals surface area contributed by atoms with Crippen molar-refractivity contribution in [2.45, 2.75) is 12.7 Å². The number of sulfonamides is 1. The van der Waals surface area contributed by atoms with Crippen molar-refractivity contribution in [3.8, 4) is 5.69 Å². The van der Waals surface area contributed by atoms with E-state index in [1.807, 2.05) is 6.07 Å². The summed E-state index contributed by atoms with van der Waals surface area (Å²) in [5.41, 5.74) is 2.00. The Labute approximate surface area is 202 Å². The number of hydrogen-bond acceptors (Lipinski definition) is 6. The summed E-state index contributed by atoms with van der Waals surface area (Å²) in [6.45, 7) is 2.17. The number of amides is 1. The molecule has 0 saturated carbocycles. The van der Waals surface area contributed by atoms with Gasteiger partial charge in [0.1, 0.15) is 0 Å². The summed E-state index contributed by atoms with van der Waals surface area (Å²) in [6, 6.07) is 15.2. The van der Waals surface area contributed by atoms with Crippen molar-refractivity contribution in [3.63, 3.8) is 0 Å². The van der Waals surface area contributed by atoms with E-state index in [1.54, 1.807) is 49.5 Å². The third-order valence-corrected chi connectivity index (χ3v) is 7.67. The molecular weight excluding hydrogens is 472 g/mol. The Bertz CT molecular complexity index is 1360. The van der Waals surface area contributed by atoms with Crippen LogP contribution in [0.2, 0.25) is 0 Å². The molecule has 4 rings (SSSR count). The van der Waals surface area contributed by atoms with E-state index in [4.69, 9.17) is 4.74 Å². The minimum atomic E-state index is -3.49. The Kier molecular flexibility index (Phi) is 7.17. The molecule has 11 heteroatoms. The monoisotopic (exact) mass is 498 g/mol. The van der Waals surface area contributed by atoms with Crippen LogP contribution in [-0.2, 0) is 25.3 Å². The van der Waals surface area contributed by atoms with Gasteiger partial charge >= 0.3 is 11.7 Å². The van der Waals surface area contributed by atoms with Crippen LogP contribution in [0, 0.1) is 6.92 Å². The standard InChI is InChI=1S/C24H26N4O6S/c1-18-15-25-24(31)28(18)21-9-7-20(8-10-21)23(30)34-16-22(29)26-11-13-27(14-12-26)35(32,33)17-19-5-3-2-4-6-19/h2-10,15H,11-14,16-17H2,1H3,(H,25,31). The summed E-state index contributed by atoms with van der Waals surface area (Å²) in [7, 11) is -3.49. The molecule has 1 aliphatic heterocycles. The number of ether oxygens (including phenoxy) is 1. The minimum absolute atomic E-state index is 0.0868. The molecule has 10 nitrogen and oxygen atoms in total. The van der Waals surface area contributed by atoms with Crippen LogP contribution in [0.3, 0.4) is 0 Å². The Morgan fingerprint density at radius 3 is 2.23 bits per heavy atom. The number of aromatic amines is 1. The highest BCUT2D eigenvalue weighted by Crippen LogP contribution is 2.14. The van der Waals surface area contributed by atoms with E-state index in [-0.39, 0.29) is 49.1 Å². The third-order valence-electron chi connectivity index (χ3n) is 5.82. The molecule has 1 fully saturated rings. The average Bonchev–Trinajstić information content (AvgIpc) is 3.20. The zero-order valence-electron chi connectivity index (χ0n) is 19.2. The number of nitrogens with zero attached hydrogens (tertiary/aromatic N) is 3. The van der Waals surface area contributed by atoms with Gasteiger partial charge < -0.3 is 14.6 Å². The number of rotatable bonds is 7. The zero-order chi connectivity index (χ0) is 25.0. The lowest BCUT2D eigenvalue weighted by Gasteiger charge is -2.33. The van der Waals surface area contributed by atoms with Gasteiger partial charge in [0.2, 0.25) is 10.0 Å². The molecule has 0 atom stereocenters. The number of hydrogen-bond donors (Lipinski definition) is 1. The van der Waals surface area contributed by atoms with Crippen LogP contribution in [-0.4, -0.2) is 71.8 Å². The number of piperazine rings is 1. The summed E-state index contributed by atoms with van der Waals surface area (Å²) in [6.07, 6.45) is 1.59. The predicted molar refractivity (Wildman–Crippen MR) is 129 cm³/mol. The van der Waals surface area contributed by atoms with E-state index in [0.717, 1.165) is 5.69 Å². The molecule has 35 heavy (non-hydrogen) atoms. The van der Waals surface area contributed by atoms with E-state index in [2.05, 4.69) is 4.98 Å². The number of esters is 1. The highest BCUT2D eigenvalue weighted by molar-refractivity contribution is 7.88. The fraction of sp³-hybridized carbons (Fsp3) is 0.292. The first-order chi connectivity index (χ1) is 16.7. The summed E-state index contributed by atoms with van der Waals surface area (Å²) < 4.78 is 33.4. The Balaban J connectivity index is 1.27. The molecule has 2 heterocycles. The Morgan fingerprint density at radius 2 is 1.63 bits per heavy atom. The number of imidazole rings is 1. The van der Waals surface area contributed by atoms with Crippen LogP contribution in [0.25, 0.3) is 5.69 Å². The van der Waals surface area contributed by atoms with Crippen molar-refractivity contribution in [1.82, 2.24) is 18.8 Å². The molecule has 0 spiro atoms. The second-order valence-corrected chi connectivity index (χ2v) is 10.2. The third kappa shape index (κ3) is 5.69. The number of nitrogens with one attached hydrogen (secondary N) is 1. The van der Waals surface area contributed by atoms with Gasteiger partial charge in [-0.3, -0.25) is 9.36 Å². The van der Waals surface area contributed by atoms with Crippen molar-refractivity contribution in [2.75, 3.05) is 32.8 Å². The van der Waals surface area contributed by atoms with E-state index in [0.29, 0.717) is 11.3 Å². The molecule has 3 aromatic rings. The lowest BCUT2D eigenvalue weighted by atomic mass is 10.2. The van der Waals surface area contributed by atoms with Gasteiger partial charge in [-0.2, -0.15) is 4.31 Å². The number of aryl methyl sites for hydroxylation is 1. The van der Waals surface area contributed by atoms with Crippen molar-refractivity contribution in [2.24, 2.45) is 0 Å². The number of H-pyrrole nitrogens is 1. The molecule has 0 aliphatic carbocycles. The van der Waals surface area contributed by atoms with Gasteiger partial charge in [-0.15, -0.1) is 0 Å². The molecule has 1 N–H and O–H groups in total. The topological polar surface area (TPSA) is 122 Å². The Hall–Kier alpha value is -3.70. The van der Waals surface area contributed by atoms with Gasteiger partial charge in [-0.05, 0) is 36.8 Å². The number of benzene rings is 2. The maximum absolute atomic E-state index is 12.7. The fourth-order valence-electron chi connectivity index (χ4n) is 3.92. The van der Waals surface area contributed by atoms with Gasteiger partial charge in [0.25, 0.3) is 5.91 Å². The first-order valence-electron chi connectivity index (χ1n) is 11.1. The van der Waals surface area contributed by atoms with Crippen molar-refractivity contribution < 1.29 is 22.7 Å². The average molecular weight is 499 g/mol. The van der Waals surface area contributed by atoms with Crippen LogP contribution >= 0.6 is 0 Å². The first-order valence-corrected chi connectivity index (χ1v) is 12.7. The molecule has 2 aromatic carbocycles. The van der Waals surface area contributed by atoms with E-state index in [9.17, 15) is 22.8 Å². The van der Waals surface area contributed by atoms with E-state index < -0.39 is 22.6 Å². The molecule has 0 radical (unpaired) electrons. The highest BCUT2D eigenvalue weighted by Gasteiger charge is 2.29. The second-order valence-electron chi connectivity index (χ2n) is 8.22. The summed E-state index contributed by atoms with van der Waals surface area (Å²) in [5.74, 6) is -1.13. The Morgan fingerprint density at radius 1 is 0.971 bits per heavy atom. The summed E-state index contributed by atoms with van der Waals surface area (Å²) >= 11 is 0. The van der Waals surface area contributed by atoms with Crippen molar-refractivity contribution in [3.05, 3.63) is 88.1 Å². The maximum Gasteiger partial charge on any atom is 0.338 e. The van der Waals surface area contributed by atoms with Gasteiger partial charge in [0.05, 0.1) is 17.0 Å². The van der Waals surface area contributed by atoms with Gasteiger partial charge in [0, 0.05) is 38.1 Å². The lowest BCUT2D eigenvalue weighted by molar-refractivity contribution is -0.135. The quantitative estimate of drug-likeness (QED) is 0.490. The van der Waals surface area contributed by atoms with Crippen LogP contribution in [0.5, 0.6) is 0 Å². The molecule has 1 aromatic heterocycles. The molecule has 0 bridgehead atoms. The fourth-order valence-corrected chi connectivity index (χ4v) is 5.43. The van der Waals surface area contributed by atoms with E-state index in [1.165, 1.54) is 25.9 Å². The van der Waals surface area contributed by atoms with Gasteiger partial charge in [-0.1, -0.05) is 30.3 Å². The number of carbonyl (C=O) groups is 2. The molecule has 1 amide bonds. The SMILES string of the molecule is Cc1c[nH]c(=O)n1-c1ccc(C(=O)OCC(=O)N2CCN(S(=O)(=O)Cc3ccccc3)CC2)cc1. The van der Waals surface area contributed by atoms with Crippen LogP contribution in [0.1, 0.15) is 21.6 Å². The predicted octanol–water partition coefficient (Wildman–Crippen LogP) is 1.31. The molecule has 1 aliphatic rings. The van der Waals surface area contributed by atoms with Gasteiger partial charge in [0.15, 0.2) is 6.61 Å². The summed E-state index contributed by atoms with van der Waals surface area (Å²) in [4.78, 5) is 40.8. The molecule has 0 unspecified atom stereocenters. The minimum Gasteiger partial charge on any atom is -0.452 e. The zero-order valence-corrected chi connectivity index (χ0v) is 20.0. The molecular formula is C24H26N4O6S. The lowest BCUT2D eigenvalue weighted by Crippen LogP contribution is -2.51.